The van der Waals surface area contributed by atoms with Crippen molar-refractivity contribution in [3.05, 3.63) is 24.3 Å². The zero-order chi connectivity index (χ0) is 10.1. The van der Waals surface area contributed by atoms with Gasteiger partial charge in [-0.1, -0.05) is 12.1 Å². The van der Waals surface area contributed by atoms with E-state index in [0.29, 0.717) is 6.04 Å². The Balaban J connectivity index is 2.45. The largest absolute Gasteiger partial charge is 0.343 e. The van der Waals surface area contributed by atoms with Crippen LogP contribution in [-0.2, 0) is 0 Å². The molecule has 0 aliphatic carbocycles. The van der Waals surface area contributed by atoms with E-state index < -0.39 is 0 Å². The number of nitrogens with one attached hydrogen (secondary N) is 1. The number of anilines is 1. The molecule has 3 nitrogen and oxygen atoms in total. The highest BCUT2D eigenvalue weighted by molar-refractivity contribution is 5.77. The van der Waals surface area contributed by atoms with Gasteiger partial charge in [0.25, 0.3) is 0 Å². The van der Waals surface area contributed by atoms with Gasteiger partial charge in [-0.05, 0) is 26.0 Å². The minimum absolute atomic E-state index is 0.454. The van der Waals surface area contributed by atoms with Crippen molar-refractivity contribution in [2.75, 3.05) is 11.9 Å². The van der Waals surface area contributed by atoms with E-state index in [1.165, 1.54) is 0 Å². The lowest BCUT2D eigenvalue weighted by Gasteiger charge is -2.19. The van der Waals surface area contributed by atoms with Crippen LogP contribution in [0, 0.1) is 0 Å². The van der Waals surface area contributed by atoms with Crippen LogP contribution >= 0.6 is 0 Å². The average molecular weight is 189 g/mol. The van der Waals surface area contributed by atoms with Crippen LogP contribution in [0.25, 0.3) is 11.0 Å². The summed E-state index contributed by atoms with van der Waals surface area (Å²) in [5, 5.41) is 0. The number of hydrogen-bond donors (Lipinski definition) is 1. The second kappa shape index (κ2) is 3.33. The summed E-state index contributed by atoms with van der Waals surface area (Å²) in [4.78, 5) is 9.92. The summed E-state index contributed by atoms with van der Waals surface area (Å²) in [7, 11) is 2.04. The summed E-state index contributed by atoms with van der Waals surface area (Å²) in [5.74, 6) is 0.932. The number of para-hydroxylation sites is 2. The standard InChI is InChI=1S/C11H15N3/c1-8(2)14(3)11-12-9-6-4-5-7-10(9)13-11/h4-8H,1-3H3,(H,12,13). The number of H-pyrrole nitrogens is 1. The second-order valence-electron chi connectivity index (χ2n) is 3.78. The third-order valence-electron chi connectivity index (χ3n) is 2.49. The van der Waals surface area contributed by atoms with Gasteiger partial charge in [-0.3, -0.25) is 0 Å². The fourth-order valence-corrected chi connectivity index (χ4v) is 1.35. The Bertz CT molecular complexity index is 398. The van der Waals surface area contributed by atoms with Crippen molar-refractivity contribution < 1.29 is 0 Å². The first-order chi connectivity index (χ1) is 6.68. The van der Waals surface area contributed by atoms with Crippen molar-refractivity contribution in [2.24, 2.45) is 0 Å². The number of nitrogens with zero attached hydrogens (tertiary/aromatic N) is 2. The van der Waals surface area contributed by atoms with Crippen LogP contribution in [0.15, 0.2) is 24.3 Å². The molecule has 14 heavy (non-hydrogen) atoms. The minimum Gasteiger partial charge on any atom is -0.343 e. The molecule has 1 N–H and O–H groups in total. The molecule has 0 fully saturated rings. The zero-order valence-electron chi connectivity index (χ0n) is 8.78. The molecule has 1 aromatic carbocycles. The molecule has 0 atom stereocenters. The van der Waals surface area contributed by atoms with Crippen LogP contribution in [0.5, 0.6) is 0 Å². The summed E-state index contributed by atoms with van der Waals surface area (Å²) in [6.45, 7) is 4.29. The molecule has 0 spiro atoms. The van der Waals surface area contributed by atoms with Crippen molar-refractivity contribution in [3.8, 4) is 0 Å². The summed E-state index contributed by atoms with van der Waals surface area (Å²) in [6.07, 6.45) is 0. The van der Waals surface area contributed by atoms with E-state index in [0.717, 1.165) is 17.0 Å². The van der Waals surface area contributed by atoms with Gasteiger partial charge in [-0.25, -0.2) is 4.98 Å². The van der Waals surface area contributed by atoms with Gasteiger partial charge in [-0.2, -0.15) is 0 Å². The van der Waals surface area contributed by atoms with Crippen LogP contribution in [0.1, 0.15) is 13.8 Å². The van der Waals surface area contributed by atoms with Crippen molar-refractivity contribution in [3.63, 3.8) is 0 Å². The fraction of sp³-hybridized carbons (Fsp3) is 0.364. The molecule has 3 heteroatoms. The highest BCUT2D eigenvalue weighted by Gasteiger charge is 2.08. The zero-order valence-corrected chi connectivity index (χ0v) is 8.78. The Morgan fingerprint density at radius 2 is 2.00 bits per heavy atom. The van der Waals surface area contributed by atoms with E-state index >= 15 is 0 Å². The number of hydrogen-bond acceptors (Lipinski definition) is 2. The highest BCUT2D eigenvalue weighted by Crippen LogP contribution is 2.16. The third kappa shape index (κ3) is 1.45. The molecular weight excluding hydrogens is 174 g/mol. The van der Waals surface area contributed by atoms with Crippen molar-refractivity contribution in [1.29, 1.82) is 0 Å². The molecule has 1 aromatic heterocycles. The third-order valence-corrected chi connectivity index (χ3v) is 2.49. The quantitative estimate of drug-likeness (QED) is 0.786. The van der Waals surface area contributed by atoms with Gasteiger partial charge in [0, 0.05) is 13.1 Å². The molecule has 0 bridgehead atoms. The molecule has 0 unspecified atom stereocenters. The molecule has 2 aromatic rings. The minimum atomic E-state index is 0.454. The molecule has 0 saturated carbocycles. The predicted molar refractivity (Wildman–Crippen MR) is 59.6 cm³/mol. The normalized spacial score (nSPS) is 11.1. The number of rotatable bonds is 2. The highest BCUT2D eigenvalue weighted by atomic mass is 15.3. The summed E-state index contributed by atoms with van der Waals surface area (Å²) < 4.78 is 0. The van der Waals surface area contributed by atoms with Crippen LogP contribution in [0.4, 0.5) is 5.95 Å². The maximum atomic E-state index is 4.50. The van der Waals surface area contributed by atoms with Crippen molar-refractivity contribution >= 4 is 17.0 Å². The smallest absolute Gasteiger partial charge is 0.203 e. The lowest BCUT2D eigenvalue weighted by molar-refractivity contribution is 0.736. The molecule has 0 aliphatic heterocycles. The average Bonchev–Trinajstić information content (AvgIpc) is 2.59. The van der Waals surface area contributed by atoms with Crippen molar-refractivity contribution in [1.82, 2.24) is 9.97 Å². The Morgan fingerprint density at radius 1 is 1.29 bits per heavy atom. The first-order valence-electron chi connectivity index (χ1n) is 4.86. The van der Waals surface area contributed by atoms with Crippen LogP contribution in [-0.4, -0.2) is 23.1 Å². The predicted octanol–water partition coefficient (Wildman–Crippen LogP) is 2.41. The van der Waals surface area contributed by atoms with E-state index in [9.17, 15) is 0 Å². The first kappa shape index (κ1) is 9.06. The van der Waals surface area contributed by atoms with Crippen LogP contribution in [0.3, 0.4) is 0 Å². The summed E-state index contributed by atoms with van der Waals surface area (Å²) >= 11 is 0. The van der Waals surface area contributed by atoms with Gasteiger partial charge < -0.3 is 9.88 Å². The number of fused-ring (bicyclic) bond motifs is 1. The lowest BCUT2D eigenvalue weighted by atomic mass is 10.3. The van der Waals surface area contributed by atoms with Gasteiger partial charge >= 0.3 is 0 Å². The van der Waals surface area contributed by atoms with Gasteiger partial charge in [0.15, 0.2) is 0 Å². The first-order valence-corrected chi connectivity index (χ1v) is 4.86. The molecular formula is C11H15N3. The van der Waals surface area contributed by atoms with Crippen LogP contribution < -0.4 is 4.90 Å². The molecule has 0 radical (unpaired) electrons. The molecule has 0 aliphatic rings. The fourth-order valence-electron chi connectivity index (χ4n) is 1.35. The van der Waals surface area contributed by atoms with E-state index in [2.05, 4.69) is 28.7 Å². The lowest BCUT2D eigenvalue weighted by Crippen LogP contribution is -2.26. The molecule has 74 valence electrons. The van der Waals surface area contributed by atoms with Gasteiger partial charge in [0.2, 0.25) is 5.95 Å². The van der Waals surface area contributed by atoms with Gasteiger partial charge in [0.1, 0.15) is 0 Å². The Morgan fingerprint density at radius 3 is 2.64 bits per heavy atom. The SMILES string of the molecule is CC(C)N(C)c1nc2ccccc2[nH]1. The van der Waals surface area contributed by atoms with E-state index in [1.807, 2.05) is 31.3 Å². The molecule has 0 amide bonds. The van der Waals surface area contributed by atoms with Crippen molar-refractivity contribution in [2.45, 2.75) is 19.9 Å². The van der Waals surface area contributed by atoms with Crippen LogP contribution in [0.2, 0.25) is 0 Å². The topological polar surface area (TPSA) is 31.9 Å². The second-order valence-corrected chi connectivity index (χ2v) is 3.78. The number of imidazole rings is 1. The maximum absolute atomic E-state index is 4.50. The monoisotopic (exact) mass is 189 g/mol. The van der Waals surface area contributed by atoms with E-state index in [-0.39, 0.29) is 0 Å². The Kier molecular flexibility index (Phi) is 2.15. The number of aromatic amines is 1. The number of benzene rings is 1. The Labute approximate surface area is 83.8 Å². The molecule has 1 heterocycles. The molecule has 0 saturated heterocycles. The molecule has 2 rings (SSSR count). The summed E-state index contributed by atoms with van der Waals surface area (Å²) in [6, 6.07) is 8.53. The number of aromatic nitrogens is 2. The van der Waals surface area contributed by atoms with Gasteiger partial charge in [0.05, 0.1) is 11.0 Å². The summed E-state index contributed by atoms with van der Waals surface area (Å²) in [5.41, 5.74) is 2.12. The van der Waals surface area contributed by atoms with E-state index in [4.69, 9.17) is 0 Å². The maximum Gasteiger partial charge on any atom is 0.203 e. The Hall–Kier alpha value is -1.51. The van der Waals surface area contributed by atoms with E-state index in [1.54, 1.807) is 0 Å². The van der Waals surface area contributed by atoms with Gasteiger partial charge in [-0.15, -0.1) is 0 Å².